The second kappa shape index (κ2) is 11.8. The zero-order valence-electron chi connectivity index (χ0n) is 22.7. The van der Waals surface area contributed by atoms with Crippen molar-refractivity contribution in [1.82, 2.24) is 0 Å². The van der Waals surface area contributed by atoms with Crippen LogP contribution in [0, 0.1) is 11.2 Å². The van der Waals surface area contributed by atoms with E-state index in [1.54, 1.807) is 0 Å². The van der Waals surface area contributed by atoms with Crippen LogP contribution in [-0.2, 0) is 25.7 Å². The van der Waals surface area contributed by atoms with Crippen LogP contribution in [0.4, 0.5) is 32.0 Å². The van der Waals surface area contributed by atoms with Crippen LogP contribution in [0.5, 0.6) is 11.5 Å². The number of carboxylic acid groups (broad SMARTS) is 1. The summed E-state index contributed by atoms with van der Waals surface area (Å²) in [5, 5.41) is 10.0. The predicted octanol–water partition coefficient (Wildman–Crippen LogP) is 6.34. The minimum absolute atomic E-state index is 0.0337. The molecule has 3 aromatic rings. The summed E-state index contributed by atoms with van der Waals surface area (Å²) >= 11 is 0. The normalized spacial score (nSPS) is 18.4. The Morgan fingerprint density at radius 2 is 1.77 bits per heavy atom. The number of rotatable bonds is 8. The number of fused-ring (bicyclic) bond motifs is 1. The highest BCUT2D eigenvalue weighted by Gasteiger charge is 2.45. The van der Waals surface area contributed by atoms with Crippen LogP contribution in [0.2, 0.25) is 0 Å². The quantitative estimate of drug-likeness (QED) is 0.285. The largest absolute Gasteiger partial charge is 0.486 e. The third-order valence-corrected chi connectivity index (χ3v) is 9.37. The van der Waals surface area contributed by atoms with E-state index < -0.39 is 68.9 Å². The lowest BCUT2D eigenvalue weighted by atomic mass is 9.75. The molecule has 1 fully saturated rings. The predicted molar refractivity (Wildman–Crippen MR) is 144 cm³/mol. The first-order valence-electron chi connectivity index (χ1n) is 13.3. The summed E-state index contributed by atoms with van der Waals surface area (Å²) in [6, 6.07) is 10.00. The van der Waals surface area contributed by atoms with E-state index in [4.69, 9.17) is 9.47 Å². The molecule has 15 heteroatoms. The van der Waals surface area contributed by atoms with Crippen molar-refractivity contribution in [3.63, 3.8) is 0 Å². The van der Waals surface area contributed by atoms with E-state index in [1.165, 1.54) is 18.2 Å². The number of anilines is 1. The fraction of sp³-hybridized carbons (Fsp3) is 0.345. The van der Waals surface area contributed by atoms with Crippen molar-refractivity contribution < 1.29 is 58.9 Å². The van der Waals surface area contributed by atoms with Gasteiger partial charge in [0.15, 0.2) is 0 Å². The highest BCUT2D eigenvalue weighted by molar-refractivity contribution is 7.92. The number of benzene rings is 3. The van der Waals surface area contributed by atoms with Gasteiger partial charge < -0.3 is 19.3 Å². The van der Waals surface area contributed by atoms with Crippen LogP contribution in [0.3, 0.4) is 0 Å². The maximum atomic E-state index is 14.3. The van der Waals surface area contributed by atoms with Crippen LogP contribution < -0.4 is 13.8 Å². The molecule has 0 bridgehead atoms. The SMILES string of the molecule is O=C(O)C1(C[C@H]2CN(S(=O)(=O)c3cccc(C(F)(F)F)c3)c3cc(-c4cc(F)cc(OC(F)F)c4)ccc3O2)CCOCC1. The molecule has 5 rings (SSSR count). The molecule has 8 nitrogen and oxygen atoms in total. The molecule has 0 radical (unpaired) electrons. The van der Waals surface area contributed by atoms with E-state index in [1.807, 2.05) is 0 Å². The first-order chi connectivity index (χ1) is 20.7. The summed E-state index contributed by atoms with van der Waals surface area (Å²) in [7, 11) is -4.72. The number of sulfonamides is 1. The number of hydrogen-bond acceptors (Lipinski definition) is 6. The number of aliphatic carboxylic acids is 1. The van der Waals surface area contributed by atoms with Gasteiger partial charge in [0.05, 0.1) is 28.1 Å². The Labute approximate surface area is 247 Å². The Bertz CT molecular complexity index is 1660. The Balaban J connectivity index is 1.60. The van der Waals surface area contributed by atoms with Gasteiger partial charge in [-0.2, -0.15) is 22.0 Å². The van der Waals surface area contributed by atoms with Crippen LogP contribution in [-0.4, -0.2) is 52.0 Å². The molecule has 2 aliphatic heterocycles. The third-order valence-electron chi connectivity index (χ3n) is 7.59. The first-order valence-corrected chi connectivity index (χ1v) is 14.7. The molecule has 0 unspecified atom stereocenters. The van der Waals surface area contributed by atoms with E-state index in [9.17, 15) is 44.7 Å². The van der Waals surface area contributed by atoms with Crippen molar-refractivity contribution >= 4 is 21.7 Å². The molecule has 0 spiro atoms. The Morgan fingerprint density at radius 3 is 2.43 bits per heavy atom. The van der Waals surface area contributed by atoms with Gasteiger partial charge in [0, 0.05) is 25.7 Å². The van der Waals surface area contributed by atoms with Crippen molar-refractivity contribution in [1.29, 1.82) is 0 Å². The topological polar surface area (TPSA) is 102 Å². The first kappa shape index (κ1) is 31.4. The zero-order chi connectivity index (χ0) is 31.9. The average molecular weight is 646 g/mol. The van der Waals surface area contributed by atoms with Gasteiger partial charge in [-0.25, -0.2) is 12.8 Å². The van der Waals surface area contributed by atoms with Gasteiger partial charge in [-0.05, 0) is 66.4 Å². The summed E-state index contributed by atoms with van der Waals surface area (Å²) in [5.74, 6) is -2.57. The lowest BCUT2D eigenvalue weighted by Crippen LogP contribution is -2.48. The molecule has 1 N–H and O–H groups in total. The maximum Gasteiger partial charge on any atom is 0.416 e. The lowest BCUT2D eigenvalue weighted by Gasteiger charge is -2.40. The molecular weight excluding hydrogens is 620 g/mol. The highest BCUT2D eigenvalue weighted by Crippen LogP contribution is 2.44. The van der Waals surface area contributed by atoms with Gasteiger partial charge in [-0.15, -0.1) is 0 Å². The summed E-state index contributed by atoms with van der Waals surface area (Å²) in [6.45, 7) is -3.38. The molecular formula is C29H25F6NO7S. The van der Waals surface area contributed by atoms with Gasteiger partial charge in [0.25, 0.3) is 10.0 Å². The fourth-order valence-electron chi connectivity index (χ4n) is 5.39. The second-order valence-electron chi connectivity index (χ2n) is 10.4. The van der Waals surface area contributed by atoms with Crippen molar-refractivity contribution in [3.8, 4) is 22.6 Å². The number of hydrogen-bond donors (Lipinski definition) is 1. The van der Waals surface area contributed by atoms with Crippen molar-refractivity contribution in [3.05, 3.63) is 72.0 Å². The number of halogens is 6. The van der Waals surface area contributed by atoms with Crippen LogP contribution >= 0.6 is 0 Å². The molecule has 1 atom stereocenters. The third kappa shape index (κ3) is 6.43. The zero-order valence-corrected chi connectivity index (χ0v) is 23.5. The maximum absolute atomic E-state index is 14.3. The molecule has 236 valence electrons. The summed E-state index contributed by atoms with van der Waals surface area (Å²) in [5.41, 5.74) is -2.44. The smallest absolute Gasteiger partial charge is 0.416 e. The molecule has 2 heterocycles. The van der Waals surface area contributed by atoms with E-state index in [2.05, 4.69) is 4.74 Å². The van der Waals surface area contributed by atoms with Crippen LogP contribution in [0.15, 0.2) is 65.6 Å². The number of ether oxygens (including phenoxy) is 3. The summed E-state index contributed by atoms with van der Waals surface area (Å²) < 4.78 is 125. The van der Waals surface area contributed by atoms with E-state index in [0.29, 0.717) is 6.07 Å². The molecule has 44 heavy (non-hydrogen) atoms. The minimum Gasteiger partial charge on any atom is -0.486 e. The van der Waals surface area contributed by atoms with Gasteiger partial charge in [-0.3, -0.25) is 9.10 Å². The Morgan fingerprint density at radius 1 is 1.05 bits per heavy atom. The van der Waals surface area contributed by atoms with Gasteiger partial charge >= 0.3 is 18.8 Å². The second-order valence-corrected chi connectivity index (χ2v) is 12.3. The number of alkyl halides is 5. The number of carboxylic acids is 1. The van der Waals surface area contributed by atoms with Gasteiger partial charge in [0.2, 0.25) is 0 Å². The molecule has 0 aliphatic carbocycles. The summed E-state index contributed by atoms with van der Waals surface area (Å²) in [6.07, 6.45) is -5.72. The standard InChI is InChI=1S/C29H25F6NO7S/c30-20-10-18(11-21(14-20)43-27(31)32)17-4-5-25-24(12-17)36(44(39,40)23-3-1-2-19(13-23)29(33,34)35)16-22(42-25)15-28(26(37)38)6-8-41-9-7-28/h1-5,10-14,22,27H,6-9,15-16H2,(H,37,38)/t22-/m0/s1. The van der Waals surface area contributed by atoms with Gasteiger partial charge in [-0.1, -0.05) is 12.1 Å². The van der Waals surface area contributed by atoms with Crippen molar-refractivity contribution in [2.24, 2.45) is 5.41 Å². The van der Waals surface area contributed by atoms with E-state index in [-0.39, 0.29) is 55.0 Å². The molecule has 0 saturated carbocycles. The monoisotopic (exact) mass is 645 g/mol. The van der Waals surface area contributed by atoms with Crippen molar-refractivity contribution in [2.75, 3.05) is 24.1 Å². The molecule has 3 aromatic carbocycles. The Hall–Kier alpha value is -3.98. The Kier molecular flexibility index (Phi) is 8.46. The van der Waals surface area contributed by atoms with E-state index in [0.717, 1.165) is 40.7 Å². The van der Waals surface area contributed by atoms with Crippen LogP contribution in [0.1, 0.15) is 24.8 Å². The molecule has 2 aliphatic rings. The van der Waals surface area contributed by atoms with Crippen molar-refractivity contribution in [2.45, 2.75) is 43.0 Å². The number of nitrogens with zero attached hydrogens (tertiary/aromatic N) is 1. The minimum atomic E-state index is -4.84. The fourth-order valence-corrected chi connectivity index (χ4v) is 6.93. The highest BCUT2D eigenvalue weighted by atomic mass is 32.2. The van der Waals surface area contributed by atoms with E-state index >= 15 is 0 Å². The van der Waals surface area contributed by atoms with Crippen LogP contribution in [0.25, 0.3) is 11.1 Å². The van der Waals surface area contributed by atoms with Gasteiger partial charge in [0.1, 0.15) is 23.4 Å². The molecule has 1 saturated heterocycles. The summed E-state index contributed by atoms with van der Waals surface area (Å²) in [4.78, 5) is 11.6. The molecule has 0 amide bonds. The lowest BCUT2D eigenvalue weighted by molar-refractivity contribution is -0.157. The average Bonchev–Trinajstić information content (AvgIpc) is 2.96. The molecule has 0 aromatic heterocycles. The number of carbonyl (C=O) groups is 1.